The Bertz CT molecular complexity index is 2710. The molecule has 0 aromatic heterocycles. The molecule has 6 rings (SSSR count). The van der Waals surface area contributed by atoms with Gasteiger partial charge in [-0.15, -0.1) is 0 Å². The van der Waals surface area contributed by atoms with Gasteiger partial charge in [0.1, 0.15) is 36.3 Å². The first-order valence-corrected chi connectivity index (χ1v) is 32.3. The van der Waals surface area contributed by atoms with Gasteiger partial charge in [0.25, 0.3) is 0 Å². The van der Waals surface area contributed by atoms with Gasteiger partial charge < -0.3 is 61.1 Å². The van der Waals surface area contributed by atoms with Crippen molar-refractivity contribution in [1.29, 1.82) is 0 Å². The predicted octanol–water partition coefficient (Wildman–Crippen LogP) is 6.18. The number of aliphatic hydroxyl groups is 1. The van der Waals surface area contributed by atoms with E-state index in [1.165, 1.54) is 35.7 Å². The molecule has 5 aliphatic rings. The number of benzene rings is 1. The zero-order chi connectivity index (χ0) is 64.2. The molecule has 4 heterocycles. The van der Waals surface area contributed by atoms with Gasteiger partial charge in [-0.2, -0.15) is 11.8 Å². The number of thioether (sulfide) groups is 1. The molecule has 486 valence electrons. The van der Waals surface area contributed by atoms with Gasteiger partial charge in [0.15, 0.2) is 5.78 Å². The van der Waals surface area contributed by atoms with Gasteiger partial charge in [-0.25, -0.2) is 9.59 Å². The molecule has 0 radical (unpaired) electrons. The number of hydrogen-bond acceptors (Lipinski definition) is 17. The number of nitrogens with zero attached hydrogens (tertiary/aromatic N) is 1. The first kappa shape index (κ1) is 70.6. The van der Waals surface area contributed by atoms with Crippen molar-refractivity contribution in [3.63, 3.8) is 0 Å². The number of nitrogens with one attached hydrogen (secondary N) is 5. The Morgan fingerprint density at radius 1 is 0.932 bits per heavy atom. The second-order valence-corrected chi connectivity index (χ2v) is 25.8. The Balaban J connectivity index is 0.879. The van der Waals surface area contributed by atoms with E-state index in [-0.39, 0.29) is 128 Å². The molecule has 0 bridgehead atoms. The number of amides is 8. The lowest BCUT2D eigenvalue weighted by atomic mass is 9.76. The normalized spacial score (nSPS) is 27.1. The molecule has 8 amide bonds. The van der Waals surface area contributed by atoms with Gasteiger partial charge in [0, 0.05) is 82.3 Å². The second kappa shape index (κ2) is 33.9. The van der Waals surface area contributed by atoms with Crippen LogP contribution in [0, 0.1) is 23.7 Å². The Kier molecular flexibility index (Phi) is 27.2. The number of urea groups is 1. The van der Waals surface area contributed by atoms with Crippen LogP contribution in [-0.2, 0) is 68.6 Å². The van der Waals surface area contributed by atoms with Crippen LogP contribution in [0.5, 0.6) is 0 Å². The van der Waals surface area contributed by atoms with E-state index in [9.17, 15) is 53.1 Å². The van der Waals surface area contributed by atoms with E-state index in [2.05, 4.69) is 39.6 Å². The number of imide groups is 1. The monoisotopic (exact) mass is 1250 g/mol. The van der Waals surface area contributed by atoms with E-state index in [0.717, 1.165) is 12.0 Å². The van der Waals surface area contributed by atoms with Gasteiger partial charge >= 0.3 is 18.1 Å². The number of primary amides is 1. The minimum absolute atomic E-state index is 0.0334. The molecule has 1 spiro atoms. The molecular formula is C64H93N7O16S. The lowest BCUT2D eigenvalue weighted by Crippen LogP contribution is -2.50. The summed E-state index contributed by atoms with van der Waals surface area (Å²) in [4.78, 5) is 128. The smallest absolute Gasteiger partial charge is 0.407 e. The third kappa shape index (κ3) is 22.2. The summed E-state index contributed by atoms with van der Waals surface area (Å²) >= 11 is 1.36. The van der Waals surface area contributed by atoms with E-state index in [1.54, 1.807) is 51.3 Å². The number of hydrogen-bond donors (Lipinski definition) is 7. The van der Waals surface area contributed by atoms with Gasteiger partial charge in [-0.05, 0) is 120 Å². The fourth-order valence-electron chi connectivity index (χ4n) is 11.8. The van der Waals surface area contributed by atoms with Crippen LogP contribution in [0.2, 0.25) is 0 Å². The van der Waals surface area contributed by atoms with Crippen molar-refractivity contribution < 1.29 is 76.7 Å². The SMILES string of the molecule is CSC1CC(=O)N(CCCCCC(=O)N[C@H](C(=O)C[C@@H](CCCNC(N)=O)C(=O)Nc2ccc(COC(=O)NC3CC(CC(=O)C[C@@H]4C[C@@]5(CO5)[C@H](O)[C@@H](/C=C/C(C)=C/C[C@@H]5O[C@H](C)[C@H](NC(=O)/C=C\[C@H](C)OC(C)=O)C[C@@H]5C)O4)C3)cc2)C(C)C)C1=O. The summed E-state index contributed by atoms with van der Waals surface area (Å²) in [6.07, 6.45) is 13.0. The average Bonchev–Trinajstić information content (AvgIpc) is 1.79. The summed E-state index contributed by atoms with van der Waals surface area (Å²) in [6, 6.07) is 4.79. The number of alkyl carbamates (subject to hydrolysis) is 1. The molecule has 12 atom stereocenters. The minimum Gasteiger partial charge on any atom is -0.459 e. The number of allylic oxidation sites excluding steroid dienone is 2. The molecule has 23 nitrogen and oxygen atoms in total. The lowest BCUT2D eigenvalue weighted by molar-refractivity contribution is -0.145. The summed E-state index contributed by atoms with van der Waals surface area (Å²) in [5.41, 5.74) is 6.53. The van der Waals surface area contributed by atoms with E-state index in [0.29, 0.717) is 82.2 Å². The summed E-state index contributed by atoms with van der Waals surface area (Å²) in [7, 11) is 0. The summed E-state index contributed by atoms with van der Waals surface area (Å²) < 4.78 is 29.0. The van der Waals surface area contributed by atoms with Gasteiger partial charge in [-0.3, -0.25) is 43.3 Å². The van der Waals surface area contributed by atoms with Crippen molar-refractivity contribution in [3.05, 3.63) is 65.8 Å². The second-order valence-electron chi connectivity index (χ2n) is 24.7. The summed E-state index contributed by atoms with van der Waals surface area (Å²) in [5, 5.41) is 25.0. The lowest BCUT2D eigenvalue weighted by Gasteiger charge is -2.39. The molecule has 1 saturated carbocycles. The van der Waals surface area contributed by atoms with E-state index >= 15 is 0 Å². The number of nitrogens with two attached hydrogens (primary N) is 1. The van der Waals surface area contributed by atoms with Crippen molar-refractivity contribution >= 4 is 76.6 Å². The fraction of sp³-hybridized carbons (Fsp3) is 0.656. The maximum absolute atomic E-state index is 13.8. The third-order valence-electron chi connectivity index (χ3n) is 17.0. The molecular weight excluding hydrogens is 1150 g/mol. The zero-order valence-electron chi connectivity index (χ0n) is 52.2. The van der Waals surface area contributed by atoms with Crippen molar-refractivity contribution in [1.82, 2.24) is 26.2 Å². The summed E-state index contributed by atoms with van der Waals surface area (Å²) in [6.45, 7) is 13.4. The number of carbonyl (C=O) groups excluding carboxylic acids is 10. The van der Waals surface area contributed by atoms with Crippen LogP contribution in [0.1, 0.15) is 150 Å². The third-order valence-corrected chi connectivity index (χ3v) is 17.9. The number of Topliss-reactive ketones (excluding diaryl/α,β-unsaturated/α-hetero) is 2. The van der Waals surface area contributed by atoms with Crippen LogP contribution in [0.25, 0.3) is 0 Å². The molecule has 1 aromatic carbocycles. The maximum Gasteiger partial charge on any atom is 0.407 e. The number of carbonyl (C=O) groups is 10. The van der Waals surface area contributed by atoms with Crippen LogP contribution in [0.3, 0.4) is 0 Å². The largest absolute Gasteiger partial charge is 0.459 e. The number of esters is 1. The highest BCUT2D eigenvalue weighted by Crippen LogP contribution is 2.44. The first-order valence-electron chi connectivity index (χ1n) is 31.0. The molecule has 88 heavy (non-hydrogen) atoms. The molecule has 5 fully saturated rings. The van der Waals surface area contributed by atoms with Gasteiger partial charge in [0.2, 0.25) is 29.5 Å². The number of epoxide rings is 1. The molecule has 24 heteroatoms. The quantitative estimate of drug-likeness (QED) is 0.0103. The van der Waals surface area contributed by atoms with Gasteiger partial charge in [-0.1, -0.05) is 63.1 Å². The van der Waals surface area contributed by atoms with Crippen molar-refractivity contribution in [2.75, 3.05) is 31.3 Å². The van der Waals surface area contributed by atoms with Crippen molar-refractivity contribution in [2.24, 2.45) is 29.4 Å². The Morgan fingerprint density at radius 3 is 2.32 bits per heavy atom. The standard InChI is InChI=1S/C64H93N7O16S/c1-37(2)58(70-55(75)14-10-9-11-26-71-57(77)33-54(88-8)61(71)80)51(74)31-45(13-12-25-66-62(65)81)60(79)67-46-20-18-43(19-21-46)35-83-63(82)68-47-28-44(29-47)30-48(73)32-49-34-64(36-84-64)59(78)53(87-49)23-16-38(3)15-22-52-39(4)27-50(41(6)86-52)69-56(76)24-17-40(5)85-42(7)72/h15-21,23-24,37,39-41,44-45,47,49-50,52-54,58-59,78H,9-14,22,25-36H2,1-8H3,(H,67,79)(H,68,82)(H,69,76)(H,70,75)(H3,65,66,81)/b23-16+,24-17-,38-15+/t39-,40-,41+,44?,45+,47?,49+,50+,52-,53+,54?,58-,59+,64+/m0/s1. The highest BCUT2D eigenvalue weighted by molar-refractivity contribution is 8.00. The van der Waals surface area contributed by atoms with E-state index in [1.807, 2.05) is 26.0 Å². The average molecular weight is 1250 g/mol. The number of aliphatic hydroxyl groups excluding tert-OH is 1. The summed E-state index contributed by atoms with van der Waals surface area (Å²) in [5.74, 6) is -2.94. The molecule has 8 N–H and O–H groups in total. The Labute approximate surface area is 520 Å². The highest BCUT2D eigenvalue weighted by Gasteiger charge is 2.58. The number of unbranched alkanes of at least 4 members (excludes halogenated alkanes) is 2. The number of likely N-dealkylation sites (tertiary alicyclic amines) is 1. The maximum atomic E-state index is 13.8. The molecule has 4 aliphatic heterocycles. The van der Waals surface area contributed by atoms with Crippen molar-refractivity contribution in [2.45, 2.75) is 217 Å². The molecule has 1 unspecified atom stereocenters. The Hall–Kier alpha value is -6.47. The van der Waals surface area contributed by atoms with Crippen LogP contribution < -0.4 is 32.3 Å². The predicted molar refractivity (Wildman–Crippen MR) is 329 cm³/mol. The number of ketones is 2. The molecule has 1 aliphatic carbocycles. The van der Waals surface area contributed by atoms with Crippen LogP contribution in [-0.4, -0.2) is 161 Å². The molecule has 1 aromatic rings. The van der Waals surface area contributed by atoms with Gasteiger partial charge in [0.05, 0.1) is 42.3 Å². The fourth-order valence-corrected chi connectivity index (χ4v) is 12.4. The number of anilines is 1. The Morgan fingerprint density at radius 2 is 1.66 bits per heavy atom. The van der Waals surface area contributed by atoms with Crippen LogP contribution >= 0.6 is 11.8 Å². The first-order chi connectivity index (χ1) is 41.8. The zero-order valence-corrected chi connectivity index (χ0v) is 53.0. The highest BCUT2D eigenvalue weighted by atomic mass is 32.2. The van der Waals surface area contributed by atoms with E-state index < -0.39 is 66.0 Å². The van der Waals surface area contributed by atoms with E-state index in [4.69, 9.17) is 29.4 Å². The minimum atomic E-state index is -0.893. The number of rotatable bonds is 33. The topological polar surface area (TPSA) is 330 Å². The molecule has 4 saturated heterocycles. The van der Waals surface area contributed by atoms with Crippen LogP contribution in [0.4, 0.5) is 15.3 Å². The number of ether oxygens (including phenoxy) is 5. The van der Waals surface area contributed by atoms with Crippen LogP contribution in [0.15, 0.2) is 60.2 Å². The van der Waals surface area contributed by atoms with Crippen molar-refractivity contribution in [3.8, 4) is 0 Å².